The van der Waals surface area contributed by atoms with Gasteiger partial charge in [-0.05, 0) is 18.1 Å². The van der Waals surface area contributed by atoms with Crippen LogP contribution in [0.5, 0.6) is 0 Å². The Morgan fingerprint density at radius 1 is 1.27 bits per heavy atom. The van der Waals surface area contributed by atoms with Crippen LogP contribution >= 0.6 is 24.0 Å². The number of aliphatic carboxylic acids is 1. The second kappa shape index (κ2) is 7.33. The SMILES string of the molecule is O=Cc1ccc(C=C2SC(=S)N(CCCC(=O)O)C2=O)cc1. The molecule has 1 aliphatic heterocycles. The van der Waals surface area contributed by atoms with Crippen LogP contribution in [0.1, 0.15) is 28.8 Å². The van der Waals surface area contributed by atoms with Gasteiger partial charge in [-0.3, -0.25) is 19.3 Å². The van der Waals surface area contributed by atoms with Crippen LogP contribution in [0.2, 0.25) is 0 Å². The van der Waals surface area contributed by atoms with E-state index in [1.54, 1.807) is 30.3 Å². The minimum absolute atomic E-state index is 0.00324. The highest BCUT2D eigenvalue weighted by molar-refractivity contribution is 8.26. The van der Waals surface area contributed by atoms with E-state index in [4.69, 9.17) is 17.3 Å². The minimum atomic E-state index is -0.892. The highest BCUT2D eigenvalue weighted by Gasteiger charge is 2.31. The maximum absolute atomic E-state index is 12.3. The van der Waals surface area contributed by atoms with Crippen molar-refractivity contribution in [3.8, 4) is 0 Å². The second-order valence-electron chi connectivity index (χ2n) is 4.62. The molecular formula is C15H13NO4S2. The molecule has 1 heterocycles. The zero-order valence-corrected chi connectivity index (χ0v) is 13.2. The Morgan fingerprint density at radius 3 is 2.50 bits per heavy atom. The topological polar surface area (TPSA) is 74.7 Å². The van der Waals surface area contributed by atoms with Crippen molar-refractivity contribution >= 4 is 52.5 Å². The molecule has 0 aromatic heterocycles. The number of hydrogen-bond acceptors (Lipinski definition) is 5. The Bertz CT molecular complexity index is 652. The summed E-state index contributed by atoms with van der Waals surface area (Å²) in [6.07, 6.45) is 2.84. The normalized spacial score (nSPS) is 16.4. The van der Waals surface area contributed by atoms with Crippen molar-refractivity contribution in [1.29, 1.82) is 0 Å². The molecule has 1 aromatic carbocycles. The summed E-state index contributed by atoms with van der Waals surface area (Å²) in [4.78, 5) is 35.3. The first kappa shape index (κ1) is 16.4. The van der Waals surface area contributed by atoms with Crippen LogP contribution in [-0.4, -0.2) is 39.0 Å². The molecule has 7 heteroatoms. The minimum Gasteiger partial charge on any atom is -0.481 e. The fraction of sp³-hybridized carbons (Fsp3) is 0.200. The number of hydrogen-bond donors (Lipinski definition) is 1. The molecule has 1 saturated heterocycles. The number of carbonyl (C=O) groups is 3. The highest BCUT2D eigenvalue weighted by atomic mass is 32.2. The lowest BCUT2D eigenvalue weighted by atomic mass is 10.1. The van der Waals surface area contributed by atoms with Crippen molar-refractivity contribution in [2.45, 2.75) is 12.8 Å². The van der Waals surface area contributed by atoms with Gasteiger partial charge in [0.25, 0.3) is 5.91 Å². The van der Waals surface area contributed by atoms with E-state index in [1.165, 1.54) is 16.7 Å². The first-order valence-electron chi connectivity index (χ1n) is 6.53. The quantitative estimate of drug-likeness (QED) is 0.489. The molecule has 0 bridgehead atoms. The molecular weight excluding hydrogens is 322 g/mol. The van der Waals surface area contributed by atoms with E-state index < -0.39 is 5.97 Å². The number of amides is 1. The van der Waals surface area contributed by atoms with Gasteiger partial charge in [0, 0.05) is 18.5 Å². The largest absolute Gasteiger partial charge is 0.481 e. The number of rotatable bonds is 6. The van der Waals surface area contributed by atoms with E-state index in [0.717, 1.165) is 11.8 Å². The average Bonchev–Trinajstić information content (AvgIpc) is 2.75. The summed E-state index contributed by atoms with van der Waals surface area (Å²) < 4.78 is 0.436. The molecule has 5 nitrogen and oxygen atoms in total. The molecule has 0 atom stereocenters. The molecule has 0 radical (unpaired) electrons. The van der Waals surface area contributed by atoms with E-state index in [0.29, 0.717) is 27.8 Å². The molecule has 2 rings (SSSR count). The molecule has 22 heavy (non-hydrogen) atoms. The smallest absolute Gasteiger partial charge is 0.303 e. The third kappa shape index (κ3) is 4.02. The summed E-state index contributed by atoms with van der Waals surface area (Å²) >= 11 is 6.36. The van der Waals surface area contributed by atoms with Gasteiger partial charge in [0.2, 0.25) is 0 Å². The first-order chi connectivity index (χ1) is 10.5. The number of carboxylic acid groups (broad SMARTS) is 1. The predicted octanol–water partition coefficient (Wildman–Crippen LogP) is 2.57. The molecule has 1 fully saturated rings. The molecule has 1 amide bonds. The first-order valence-corrected chi connectivity index (χ1v) is 7.76. The number of nitrogens with zero attached hydrogens (tertiary/aromatic N) is 1. The molecule has 1 N–H and O–H groups in total. The van der Waals surface area contributed by atoms with Crippen LogP contribution in [0, 0.1) is 0 Å². The van der Waals surface area contributed by atoms with Crippen LogP contribution in [0.4, 0.5) is 0 Å². The van der Waals surface area contributed by atoms with E-state index in [-0.39, 0.29) is 12.3 Å². The molecule has 1 aromatic rings. The van der Waals surface area contributed by atoms with Crippen molar-refractivity contribution in [3.63, 3.8) is 0 Å². The second-order valence-corrected chi connectivity index (χ2v) is 6.29. The fourth-order valence-corrected chi connectivity index (χ4v) is 3.21. The van der Waals surface area contributed by atoms with Crippen LogP contribution < -0.4 is 0 Å². The monoisotopic (exact) mass is 335 g/mol. The molecule has 1 aliphatic rings. The van der Waals surface area contributed by atoms with E-state index in [1.807, 2.05) is 0 Å². The van der Waals surface area contributed by atoms with Crippen molar-refractivity contribution in [2.75, 3.05) is 6.54 Å². The van der Waals surface area contributed by atoms with Crippen LogP contribution in [-0.2, 0) is 9.59 Å². The third-order valence-electron chi connectivity index (χ3n) is 3.02. The molecule has 114 valence electrons. The maximum atomic E-state index is 12.3. The average molecular weight is 335 g/mol. The Kier molecular flexibility index (Phi) is 5.46. The summed E-state index contributed by atoms with van der Waals surface area (Å²) in [6, 6.07) is 6.85. The highest BCUT2D eigenvalue weighted by Crippen LogP contribution is 2.32. The number of thiocarbonyl (C=S) groups is 1. The lowest BCUT2D eigenvalue weighted by molar-refractivity contribution is -0.137. The van der Waals surface area contributed by atoms with Gasteiger partial charge in [-0.2, -0.15) is 0 Å². The summed E-state index contributed by atoms with van der Waals surface area (Å²) in [7, 11) is 0. The van der Waals surface area contributed by atoms with Gasteiger partial charge in [0.05, 0.1) is 4.91 Å². The van der Waals surface area contributed by atoms with Gasteiger partial charge >= 0.3 is 5.97 Å². The van der Waals surface area contributed by atoms with Gasteiger partial charge in [-0.1, -0.05) is 48.2 Å². The molecule has 0 spiro atoms. The van der Waals surface area contributed by atoms with Gasteiger partial charge in [0.1, 0.15) is 10.6 Å². The molecule has 0 saturated carbocycles. The van der Waals surface area contributed by atoms with Gasteiger partial charge < -0.3 is 5.11 Å². The van der Waals surface area contributed by atoms with Crippen LogP contribution in [0.25, 0.3) is 6.08 Å². The maximum Gasteiger partial charge on any atom is 0.303 e. The number of carboxylic acids is 1. The van der Waals surface area contributed by atoms with Crippen molar-refractivity contribution < 1.29 is 19.5 Å². The van der Waals surface area contributed by atoms with E-state index in [9.17, 15) is 14.4 Å². The zero-order valence-electron chi connectivity index (χ0n) is 11.5. The lowest BCUT2D eigenvalue weighted by Gasteiger charge is -2.13. The Labute approximate surface area is 137 Å². The number of thioether (sulfide) groups is 1. The van der Waals surface area contributed by atoms with Crippen LogP contribution in [0.15, 0.2) is 29.2 Å². The van der Waals surface area contributed by atoms with Gasteiger partial charge in [0.15, 0.2) is 0 Å². The standard InChI is InChI=1S/C15H13NO4S2/c17-9-11-5-3-10(4-6-11)8-12-14(20)16(15(21)22-12)7-1-2-13(18)19/h3-6,8-9H,1-2,7H2,(H,18,19). The number of benzene rings is 1. The van der Waals surface area contributed by atoms with Gasteiger partial charge in [-0.25, -0.2) is 0 Å². The number of aldehydes is 1. The predicted molar refractivity (Wildman–Crippen MR) is 88.6 cm³/mol. The lowest BCUT2D eigenvalue weighted by Crippen LogP contribution is -2.29. The third-order valence-corrected chi connectivity index (χ3v) is 4.39. The summed E-state index contributed by atoms with van der Waals surface area (Å²) in [5.74, 6) is -1.10. The Balaban J connectivity index is 2.07. The summed E-state index contributed by atoms with van der Waals surface area (Å²) in [5.41, 5.74) is 1.37. The summed E-state index contributed by atoms with van der Waals surface area (Å²) in [6.45, 7) is 0.304. The Morgan fingerprint density at radius 2 is 1.91 bits per heavy atom. The summed E-state index contributed by atoms with van der Waals surface area (Å²) in [5, 5.41) is 8.63. The van der Waals surface area contributed by atoms with Crippen molar-refractivity contribution in [1.82, 2.24) is 4.90 Å². The fourth-order valence-electron chi connectivity index (χ4n) is 1.90. The Hall–Kier alpha value is -1.99. The molecule has 0 aliphatic carbocycles. The van der Waals surface area contributed by atoms with Gasteiger partial charge in [-0.15, -0.1) is 0 Å². The van der Waals surface area contributed by atoms with Crippen LogP contribution in [0.3, 0.4) is 0 Å². The van der Waals surface area contributed by atoms with Crippen molar-refractivity contribution in [2.24, 2.45) is 0 Å². The molecule has 0 unspecified atom stereocenters. The zero-order chi connectivity index (χ0) is 16.1. The van der Waals surface area contributed by atoms with E-state index >= 15 is 0 Å². The van der Waals surface area contributed by atoms with Crippen molar-refractivity contribution in [3.05, 3.63) is 40.3 Å². The van der Waals surface area contributed by atoms with E-state index in [2.05, 4.69) is 0 Å². The number of carbonyl (C=O) groups excluding carboxylic acids is 2.